The van der Waals surface area contributed by atoms with Crippen molar-refractivity contribution in [1.82, 2.24) is 0 Å². The summed E-state index contributed by atoms with van der Waals surface area (Å²) in [5, 5.41) is 15.2. The van der Waals surface area contributed by atoms with Gasteiger partial charge in [0, 0.05) is 0 Å². The van der Waals surface area contributed by atoms with Gasteiger partial charge in [-0.05, 0) is 0 Å². The van der Waals surface area contributed by atoms with Crippen LogP contribution in [-0.4, -0.2) is 24.4 Å². The zero-order chi connectivity index (χ0) is 9.50. The molecule has 0 radical (unpaired) electrons. The van der Waals surface area contributed by atoms with E-state index in [-0.39, 0.29) is 0 Å². The molecule has 0 amide bonds. The number of nitrogens with two attached hydrogens (primary N) is 2. The molecule has 0 aliphatic carbocycles. The quantitative estimate of drug-likeness (QED) is 0.279. The van der Waals surface area contributed by atoms with Crippen molar-refractivity contribution < 1.29 is 30.0 Å². The normalized spacial score (nSPS) is 24.1. The van der Waals surface area contributed by atoms with E-state index in [1.807, 2.05) is 0 Å². The summed E-state index contributed by atoms with van der Waals surface area (Å²) in [7, 11) is 0. The van der Waals surface area contributed by atoms with Gasteiger partial charge in [0.05, 0.1) is 0 Å². The third-order valence-corrected chi connectivity index (χ3v) is 3.29. The Morgan fingerprint density at radius 1 is 1.27 bits per heavy atom. The maximum absolute atomic E-state index is 8.91. The predicted molar refractivity (Wildman–Crippen MR) is 38.4 cm³/mol. The third kappa shape index (κ3) is 2.52. The van der Waals surface area contributed by atoms with Gasteiger partial charge in [-0.25, -0.2) is 0 Å². The van der Waals surface area contributed by atoms with E-state index in [1.165, 1.54) is 6.92 Å². The second-order valence-electron chi connectivity index (χ2n) is 2.37. The molecular weight excluding hydrogens is 374 g/mol. The van der Waals surface area contributed by atoms with E-state index in [1.54, 1.807) is 19.8 Å². The Kier molecular flexibility index (Phi) is 3.42. The Labute approximate surface area is 85.7 Å². The fraction of sp³-hybridized carbons (Fsp3) is 1.00. The van der Waals surface area contributed by atoms with E-state index in [4.69, 9.17) is 44.9 Å². The summed E-state index contributed by atoms with van der Waals surface area (Å²) in [5.41, 5.74) is 8.98. The molecule has 0 spiro atoms. The molecule has 0 aliphatic rings. The monoisotopic (exact) mass is 382 g/mol. The molecule has 6 N–H and O–H groups in total. The van der Waals surface area contributed by atoms with Crippen molar-refractivity contribution in [3.8, 4) is 0 Å². The standard InChI is InChI=1S/C4H9Cl2N2O2.Pt/c1-3(8,2(5)7)4(6,9)10;/h9-10H,7-8H2,1H3;. The topological polar surface area (TPSA) is 92.5 Å². The van der Waals surface area contributed by atoms with Crippen LogP contribution in [0.1, 0.15) is 6.92 Å². The van der Waals surface area contributed by atoms with Crippen LogP contribution in [0.3, 0.4) is 0 Å². The van der Waals surface area contributed by atoms with Gasteiger partial charge in [-0.2, -0.15) is 0 Å². The van der Waals surface area contributed by atoms with Crippen LogP contribution in [0.4, 0.5) is 0 Å². The number of alkyl halides is 2. The van der Waals surface area contributed by atoms with Crippen LogP contribution >= 0.6 is 23.2 Å². The summed E-state index contributed by atoms with van der Waals surface area (Å²) in [6.45, 7) is 1.24. The van der Waals surface area contributed by atoms with Gasteiger partial charge in [-0.3, -0.25) is 0 Å². The predicted octanol–water partition coefficient (Wildman–Crippen LogP) is -1.02. The summed E-state index contributed by atoms with van der Waals surface area (Å²) in [6.07, 6.45) is 0. The van der Waals surface area contributed by atoms with Crippen LogP contribution in [0, 0.1) is 0 Å². The van der Waals surface area contributed by atoms with Crippen molar-refractivity contribution in [1.29, 1.82) is 0 Å². The molecule has 11 heavy (non-hydrogen) atoms. The van der Waals surface area contributed by atoms with Crippen molar-refractivity contribution in [3.63, 3.8) is 0 Å². The SMILES string of the molecule is CC(N)(C(O)(O)Cl)[C](N)(Cl)[Pt]. The van der Waals surface area contributed by atoms with Crippen LogP contribution in [0.15, 0.2) is 0 Å². The van der Waals surface area contributed by atoms with Gasteiger partial charge in [-0.1, -0.05) is 0 Å². The number of rotatable bonds is 2. The fourth-order valence-electron chi connectivity index (χ4n) is 0.202. The van der Waals surface area contributed by atoms with E-state index >= 15 is 0 Å². The van der Waals surface area contributed by atoms with Gasteiger partial charge in [-0.15, -0.1) is 0 Å². The van der Waals surface area contributed by atoms with E-state index in [9.17, 15) is 0 Å². The molecule has 0 saturated carbocycles. The van der Waals surface area contributed by atoms with Gasteiger partial charge < -0.3 is 0 Å². The average molecular weight is 383 g/mol. The molecule has 0 fully saturated rings. The van der Waals surface area contributed by atoms with Crippen molar-refractivity contribution in [2.24, 2.45) is 11.5 Å². The Hall–Kier alpha value is 1.11. The first-order chi connectivity index (χ1) is 4.50. The van der Waals surface area contributed by atoms with Crippen molar-refractivity contribution in [2.75, 3.05) is 0 Å². The zero-order valence-electron chi connectivity index (χ0n) is 5.62. The van der Waals surface area contributed by atoms with E-state index in [0.717, 1.165) is 0 Å². The molecule has 0 aliphatic heterocycles. The van der Waals surface area contributed by atoms with E-state index in [0.29, 0.717) is 0 Å². The average Bonchev–Trinajstić information content (AvgIpc) is 1.58. The first kappa shape index (κ1) is 12.1. The molecule has 0 bridgehead atoms. The molecular formula is C4H9Cl2N2O2Pt. The van der Waals surface area contributed by atoms with Gasteiger partial charge in [0.15, 0.2) is 0 Å². The molecule has 4 nitrogen and oxygen atoms in total. The van der Waals surface area contributed by atoms with Gasteiger partial charge >= 0.3 is 85.8 Å². The molecule has 0 rings (SSSR count). The van der Waals surface area contributed by atoms with Crippen LogP contribution < -0.4 is 11.5 Å². The van der Waals surface area contributed by atoms with Gasteiger partial charge in [0.2, 0.25) is 0 Å². The van der Waals surface area contributed by atoms with Crippen LogP contribution in [-0.2, 0) is 19.8 Å². The molecule has 0 heterocycles. The number of hydrogen-bond acceptors (Lipinski definition) is 4. The van der Waals surface area contributed by atoms with Gasteiger partial charge in [0.25, 0.3) is 0 Å². The molecule has 0 aromatic heterocycles. The summed E-state index contributed by atoms with van der Waals surface area (Å²) >= 11 is 12.2. The number of aliphatic hydroxyl groups is 2. The maximum atomic E-state index is 8.91. The Morgan fingerprint density at radius 2 is 1.55 bits per heavy atom. The summed E-state index contributed by atoms with van der Waals surface area (Å²) in [4.78, 5) is 0. The van der Waals surface area contributed by atoms with Crippen molar-refractivity contribution in [2.45, 2.75) is 21.1 Å². The minimum atomic E-state index is -2.63. The van der Waals surface area contributed by atoms with E-state index in [2.05, 4.69) is 0 Å². The fourth-order valence-corrected chi connectivity index (χ4v) is 1.09. The molecule has 71 valence electrons. The Morgan fingerprint density at radius 3 is 1.55 bits per heavy atom. The number of halogens is 2. The van der Waals surface area contributed by atoms with Crippen LogP contribution in [0.5, 0.6) is 0 Å². The number of hydrogen-bond donors (Lipinski definition) is 4. The molecule has 7 heteroatoms. The molecule has 0 aromatic carbocycles. The van der Waals surface area contributed by atoms with Crippen LogP contribution in [0.2, 0.25) is 0 Å². The zero-order valence-corrected chi connectivity index (χ0v) is 9.41. The molecule has 2 unspecified atom stereocenters. The second kappa shape index (κ2) is 3.11. The summed E-state index contributed by atoms with van der Waals surface area (Å²) in [6, 6.07) is 0. The van der Waals surface area contributed by atoms with Crippen molar-refractivity contribution in [3.05, 3.63) is 0 Å². The second-order valence-corrected chi connectivity index (χ2v) is 5.93. The Balaban J connectivity index is 4.75. The van der Waals surface area contributed by atoms with Gasteiger partial charge in [0.1, 0.15) is 0 Å². The summed E-state index contributed by atoms with van der Waals surface area (Å²) in [5.74, 6) is 0. The van der Waals surface area contributed by atoms with Crippen molar-refractivity contribution >= 4 is 23.2 Å². The molecule has 2 atom stereocenters. The van der Waals surface area contributed by atoms with E-state index < -0.39 is 14.2 Å². The minimum absolute atomic E-state index is 1.24. The summed E-state index contributed by atoms with van der Waals surface area (Å²) < 4.78 is -1.53. The molecule has 0 saturated heterocycles. The first-order valence-corrected chi connectivity index (χ1v) is 4.45. The van der Waals surface area contributed by atoms with Crippen LogP contribution in [0.25, 0.3) is 0 Å². The molecule has 0 aromatic rings. The first-order valence-electron chi connectivity index (χ1n) is 2.56. The Bertz CT molecular complexity index is 135. The third-order valence-electron chi connectivity index (χ3n) is 1.32.